The Morgan fingerprint density at radius 3 is 2.62 bits per heavy atom. The molecule has 0 aromatic heterocycles. The largest absolute Gasteiger partial charge is 0.429 e. The van der Waals surface area contributed by atoms with E-state index in [0.29, 0.717) is 0 Å². The molecule has 8 heavy (non-hydrogen) atoms. The van der Waals surface area contributed by atoms with E-state index in [9.17, 15) is 0 Å². The Morgan fingerprint density at radius 1 is 1.62 bits per heavy atom. The van der Waals surface area contributed by atoms with Crippen LogP contribution in [-0.4, -0.2) is 17.8 Å². The second-order valence-electron chi connectivity index (χ2n) is 1.22. The van der Waals surface area contributed by atoms with Crippen LogP contribution >= 0.6 is 24.1 Å². The molecule has 0 heterocycles. The van der Waals surface area contributed by atoms with E-state index < -0.39 is 0 Å². The van der Waals surface area contributed by atoms with Gasteiger partial charge < -0.3 is 4.65 Å². The molecule has 4 heteroatoms. The van der Waals surface area contributed by atoms with E-state index in [4.69, 9.17) is 4.65 Å². The summed E-state index contributed by atoms with van der Waals surface area (Å²) < 4.78 is 5.11. The molecule has 0 bridgehead atoms. The number of hydrogen-bond donors (Lipinski definition) is 1. The van der Waals surface area contributed by atoms with Gasteiger partial charge in [-0.3, -0.25) is 0 Å². The maximum Gasteiger partial charge on any atom is 0.429 e. The lowest BCUT2D eigenvalue weighted by molar-refractivity contribution is 0.368. The van der Waals surface area contributed by atoms with E-state index in [1.165, 1.54) is 0 Å². The van der Waals surface area contributed by atoms with Gasteiger partial charge in [0.2, 0.25) is 0 Å². The Hall–Kier alpha value is 0.725. The topological polar surface area (TPSA) is 9.23 Å². The van der Waals surface area contributed by atoms with Crippen LogP contribution in [0, 0.1) is 0 Å². The van der Waals surface area contributed by atoms with Gasteiger partial charge in [0.25, 0.3) is 0 Å². The summed E-state index contributed by atoms with van der Waals surface area (Å²) in [5.74, 6) is 1.06. The smallest absolute Gasteiger partial charge is 0.417 e. The summed E-state index contributed by atoms with van der Waals surface area (Å²) >= 11 is 5.83. The molecule has 0 radical (unpaired) electrons. The summed E-state index contributed by atoms with van der Waals surface area (Å²) in [6.45, 7) is 4.81. The van der Waals surface area contributed by atoms with E-state index >= 15 is 0 Å². The van der Waals surface area contributed by atoms with Crippen molar-refractivity contribution in [2.75, 3.05) is 12.4 Å². The minimum atomic E-state index is 0.0741. The zero-order valence-electron chi connectivity index (χ0n) is 5.26. The van der Waals surface area contributed by atoms with Gasteiger partial charge in [-0.2, -0.15) is 24.1 Å². The molecule has 0 aliphatic carbocycles. The van der Waals surface area contributed by atoms with Crippen molar-refractivity contribution in [3.63, 3.8) is 0 Å². The predicted molar refractivity (Wildman–Crippen MR) is 44.5 cm³/mol. The van der Waals surface area contributed by atoms with E-state index in [1.54, 1.807) is 11.6 Å². The zero-order valence-corrected chi connectivity index (χ0v) is 6.97. The van der Waals surface area contributed by atoms with Crippen molar-refractivity contribution in [1.29, 1.82) is 0 Å². The van der Waals surface area contributed by atoms with E-state index in [2.05, 4.69) is 19.4 Å². The third-order valence-corrected chi connectivity index (χ3v) is 1.97. The van der Waals surface area contributed by atoms with Gasteiger partial charge in [-0.15, -0.1) is 0 Å². The van der Waals surface area contributed by atoms with Crippen molar-refractivity contribution >= 4 is 29.6 Å². The predicted octanol–water partition coefficient (Wildman–Crippen LogP) is 1.69. The second kappa shape index (κ2) is 5.85. The van der Waals surface area contributed by atoms with Crippen molar-refractivity contribution < 1.29 is 4.65 Å². The molecule has 0 fully saturated rings. The Morgan fingerprint density at radius 2 is 2.25 bits per heavy atom. The lowest BCUT2D eigenvalue weighted by atomic mass is 10.5. The molecule has 0 rings (SSSR count). The standard InChI is InChI=1S/C4H11BOS2/c1-3-6-5(7)8-4-2/h7H,3-4H2,1-2H3. The minimum absolute atomic E-state index is 0.0741. The van der Waals surface area contributed by atoms with Crippen LogP contribution in [0.4, 0.5) is 0 Å². The van der Waals surface area contributed by atoms with Crippen LogP contribution in [0.2, 0.25) is 0 Å². The zero-order chi connectivity index (χ0) is 6.41. The number of thiol groups is 1. The first-order valence-electron chi connectivity index (χ1n) is 2.72. The molecule has 0 aliphatic heterocycles. The highest BCUT2D eigenvalue weighted by Crippen LogP contribution is 2.09. The van der Waals surface area contributed by atoms with Crippen molar-refractivity contribution in [3.8, 4) is 0 Å². The molecule has 0 spiro atoms. The third kappa shape index (κ3) is 4.87. The quantitative estimate of drug-likeness (QED) is 0.482. The molecule has 0 saturated heterocycles. The Kier molecular flexibility index (Phi) is 6.38. The highest BCUT2D eigenvalue weighted by molar-refractivity contribution is 8.47. The van der Waals surface area contributed by atoms with Crippen molar-refractivity contribution in [1.82, 2.24) is 0 Å². The van der Waals surface area contributed by atoms with Gasteiger partial charge in [-0.05, 0) is 12.7 Å². The van der Waals surface area contributed by atoms with E-state index in [1.807, 2.05) is 6.92 Å². The first-order valence-corrected chi connectivity index (χ1v) is 4.29. The lowest BCUT2D eigenvalue weighted by Gasteiger charge is -2.02. The van der Waals surface area contributed by atoms with Crippen LogP contribution in [-0.2, 0) is 4.65 Å². The third-order valence-electron chi connectivity index (χ3n) is 0.618. The maximum absolute atomic E-state index is 5.11. The van der Waals surface area contributed by atoms with Gasteiger partial charge in [0.1, 0.15) is 0 Å². The van der Waals surface area contributed by atoms with E-state index in [-0.39, 0.29) is 5.47 Å². The van der Waals surface area contributed by atoms with Crippen LogP contribution in [0.25, 0.3) is 0 Å². The van der Waals surface area contributed by atoms with Gasteiger partial charge in [-0.1, -0.05) is 6.92 Å². The van der Waals surface area contributed by atoms with Crippen LogP contribution in [0.5, 0.6) is 0 Å². The first kappa shape index (κ1) is 8.72. The molecule has 0 atom stereocenters. The van der Waals surface area contributed by atoms with Crippen molar-refractivity contribution in [3.05, 3.63) is 0 Å². The molecule has 48 valence electrons. The summed E-state index contributed by atoms with van der Waals surface area (Å²) in [5, 5.41) is 0. The molecule has 0 amide bonds. The molecule has 0 aromatic rings. The molecule has 0 saturated carbocycles. The van der Waals surface area contributed by atoms with Gasteiger partial charge >= 0.3 is 5.47 Å². The number of rotatable bonds is 4. The highest BCUT2D eigenvalue weighted by Gasteiger charge is 2.06. The van der Waals surface area contributed by atoms with Crippen molar-refractivity contribution in [2.24, 2.45) is 0 Å². The molecular formula is C4H11BOS2. The lowest BCUT2D eigenvalue weighted by Crippen LogP contribution is -2.05. The van der Waals surface area contributed by atoms with Gasteiger partial charge in [0.05, 0.1) is 0 Å². The van der Waals surface area contributed by atoms with Crippen LogP contribution < -0.4 is 0 Å². The highest BCUT2D eigenvalue weighted by atomic mass is 32.2. The molecule has 1 nitrogen and oxygen atoms in total. The fourth-order valence-electron chi connectivity index (χ4n) is 0.333. The average molecular weight is 150 g/mol. The Labute approximate surface area is 60.9 Å². The van der Waals surface area contributed by atoms with Gasteiger partial charge in [0, 0.05) is 6.61 Å². The normalized spacial score (nSPS) is 9.38. The van der Waals surface area contributed by atoms with Crippen LogP contribution in [0.15, 0.2) is 0 Å². The first-order chi connectivity index (χ1) is 3.81. The number of hydrogen-bond acceptors (Lipinski definition) is 3. The maximum atomic E-state index is 5.11. The molecule has 0 N–H and O–H groups in total. The Balaban J connectivity index is 2.92. The fraction of sp³-hybridized carbons (Fsp3) is 1.00. The van der Waals surface area contributed by atoms with Crippen LogP contribution in [0.1, 0.15) is 13.8 Å². The average Bonchev–Trinajstić information content (AvgIpc) is 1.68. The van der Waals surface area contributed by atoms with Gasteiger partial charge in [0.15, 0.2) is 0 Å². The van der Waals surface area contributed by atoms with E-state index in [0.717, 1.165) is 12.4 Å². The summed E-state index contributed by atoms with van der Waals surface area (Å²) in [7, 11) is 0. The SMILES string of the molecule is CCOB(S)SCC. The Bertz CT molecular complexity index is 47.3. The minimum Gasteiger partial charge on any atom is -0.417 e. The van der Waals surface area contributed by atoms with Gasteiger partial charge in [-0.25, -0.2) is 0 Å². The summed E-state index contributed by atoms with van der Waals surface area (Å²) in [6, 6.07) is 0. The summed E-state index contributed by atoms with van der Waals surface area (Å²) in [4.78, 5) is 0. The monoisotopic (exact) mass is 150 g/mol. The van der Waals surface area contributed by atoms with Crippen molar-refractivity contribution in [2.45, 2.75) is 13.8 Å². The summed E-state index contributed by atoms with van der Waals surface area (Å²) in [5.41, 5.74) is 0.0741. The molecule has 0 unspecified atom stereocenters. The molecule has 0 aromatic carbocycles. The molecule has 0 aliphatic rings. The summed E-state index contributed by atoms with van der Waals surface area (Å²) in [6.07, 6.45) is 0. The van der Waals surface area contributed by atoms with Crippen LogP contribution in [0.3, 0.4) is 0 Å². The molecular weight excluding hydrogens is 139 g/mol. The second-order valence-corrected chi connectivity index (χ2v) is 3.37. The fourth-order valence-corrected chi connectivity index (χ4v) is 1.45.